The van der Waals surface area contributed by atoms with Crippen LogP contribution in [0.2, 0.25) is 0 Å². The molecule has 0 aliphatic heterocycles. The summed E-state index contributed by atoms with van der Waals surface area (Å²) in [5.74, 6) is 1.48. The van der Waals surface area contributed by atoms with Crippen LogP contribution in [0.3, 0.4) is 0 Å². The molecule has 0 amide bonds. The van der Waals surface area contributed by atoms with Gasteiger partial charge in [-0.3, -0.25) is 0 Å². The maximum atomic E-state index is 5.25. The molecule has 106 valence electrons. The fourth-order valence-electron chi connectivity index (χ4n) is 1.82. The highest BCUT2D eigenvalue weighted by Gasteiger charge is 2.09. The van der Waals surface area contributed by atoms with Crippen LogP contribution >= 0.6 is 11.8 Å². The summed E-state index contributed by atoms with van der Waals surface area (Å²) in [5.41, 5.74) is 0.978. The molecular formula is C15H14N4OS. The molecule has 0 unspecified atom stereocenters. The SMILES string of the molecule is CCNc1cc(Sc2ncco2)nc(-c2ccccc2)n1. The summed E-state index contributed by atoms with van der Waals surface area (Å²) in [7, 11) is 0. The first-order chi connectivity index (χ1) is 10.3. The first kappa shape index (κ1) is 13.6. The smallest absolute Gasteiger partial charge is 0.261 e. The maximum absolute atomic E-state index is 5.25. The lowest BCUT2D eigenvalue weighted by Crippen LogP contribution is -2.02. The largest absolute Gasteiger partial charge is 0.440 e. The van der Waals surface area contributed by atoms with Crippen molar-refractivity contribution in [1.29, 1.82) is 0 Å². The molecule has 2 aromatic heterocycles. The van der Waals surface area contributed by atoms with Crippen molar-refractivity contribution in [2.24, 2.45) is 0 Å². The Hall–Kier alpha value is -2.34. The Morgan fingerprint density at radius 3 is 2.76 bits per heavy atom. The zero-order chi connectivity index (χ0) is 14.5. The molecule has 2 heterocycles. The summed E-state index contributed by atoms with van der Waals surface area (Å²) in [5, 5.41) is 4.58. The van der Waals surface area contributed by atoms with Crippen molar-refractivity contribution in [3.05, 3.63) is 48.9 Å². The third-order valence-electron chi connectivity index (χ3n) is 2.69. The van der Waals surface area contributed by atoms with Gasteiger partial charge < -0.3 is 9.73 Å². The maximum Gasteiger partial charge on any atom is 0.261 e. The highest BCUT2D eigenvalue weighted by atomic mass is 32.2. The molecule has 0 aliphatic carbocycles. The lowest BCUT2D eigenvalue weighted by atomic mass is 10.2. The Kier molecular flexibility index (Phi) is 4.16. The van der Waals surface area contributed by atoms with Crippen LogP contribution in [0, 0.1) is 0 Å². The average Bonchev–Trinajstić information content (AvgIpc) is 3.01. The Balaban J connectivity index is 1.97. The molecule has 1 aromatic carbocycles. The van der Waals surface area contributed by atoms with Crippen molar-refractivity contribution in [3.8, 4) is 11.4 Å². The molecule has 3 rings (SSSR count). The van der Waals surface area contributed by atoms with E-state index in [-0.39, 0.29) is 0 Å². The number of nitrogens with one attached hydrogen (secondary N) is 1. The fourth-order valence-corrected chi connectivity index (χ4v) is 2.51. The summed E-state index contributed by atoms with van der Waals surface area (Å²) in [6, 6.07) is 11.8. The summed E-state index contributed by atoms with van der Waals surface area (Å²) in [6.45, 7) is 2.83. The normalized spacial score (nSPS) is 10.5. The minimum Gasteiger partial charge on any atom is -0.440 e. The van der Waals surface area contributed by atoms with Gasteiger partial charge in [0.1, 0.15) is 17.1 Å². The van der Waals surface area contributed by atoms with Crippen LogP contribution in [0.1, 0.15) is 6.92 Å². The number of nitrogens with zero attached hydrogens (tertiary/aromatic N) is 3. The van der Waals surface area contributed by atoms with Gasteiger partial charge in [0.2, 0.25) is 0 Å². The molecule has 5 nitrogen and oxygen atoms in total. The van der Waals surface area contributed by atoms with Crippen molar-refractivity contribution in [2.75, 3.05) is 11.9 Å². The van der Waals surface area contributed by atoms with Crippen LogP contribution in [0.25, 0.3) is 11.4 Å². The second-order valence-electron chi connectivity index (χ2n) is 4.21. The van der Waals surface area contributed by atoms with E-state index >= 15 is 0 Å². The van der Waals surface area contributed by atoms with E-state index in [4.69, 9.17) is 4.42 Å². The second-order valence-corrected chi connectivity index (χ2v) is 5.18. The van der Waals surface area contributed by atoms with Gasteiger partial charge in [-0.2, -0.15) is 0 Å². The summed E-state index contributed by atoms with van der Waals surface area (Å²) in [6.07, 6.45) is 3.17. The van der Waals surface area contributed by atoms with E-state index in [1.807, 2.05) is 43.3 Å². The van der Waals surface area contributed by atoms with Crippen molar-refractivity contribution in [1.82, 2.24) is 15.0 Å². The van der Waals surface area contributed by atoms with Gasteiger partial charge in [-0.15, -0.1) is 0 Å². The van der Waals surface area contributed by atoms with E-state index in [0.717, 1.165) is 23.0 Å². The van der Waals surface area contributed by atoms with Gasteiger partial charge in [0.25, 0.3) is 5.22 Å². The van der Waals surface area contributed by atoms with Gasteiger partial charge in [0.05, 0.1) is 6.20 Å². The van der Waals surface area contributed by atoms with Crippen LogP contribution in [0.5, 0.6) is 0 Å². The molecule has 1 N–H and O–H groups in total. The minimum atomic E-state index is 0.565. The Morgan fingerprint density at radius 1 is 1.19 bits per heavy atom. The van der Waals surface area contributed by atoms with Crippen LogP contribution < -0.4 is 5.32 Å². The molecule has 0 bridgehead atoms. The molecular weight excluding hydrogens is 284 g/mol. The topological polar surface area (TPSA) is 63.8 Å². The number of aromatic nitrogens is 3. The lowest BCUT2D eigenvalue weighted by Gasteiger charge is -2.07. The fraction of sp³-hybridized carbons (Fsp3) is 0.133. The number of oxazole rings is 1. The van der Waals surface area contributed by atoms with E-state index in [1.54, 1.807) is 12.5 Å². The highest BCUT2D eigenvalue weighted by Crippen LogP contribution is 2.28. The van der Waals surface area contributed by atoms with Crippen molar-refractivity contribution in [2.45, 2.75) is 17.2 Å². The third kappa shape index (κ3) is 3.41. The van der Waals surface area contributed by atoms with Gasteiger partial charge in [0, 0.05) is 18.2 Å². The predicted octanol–water partition coefficient (Wildman–Crippen LogP) is 3.71. The Bertz CT molecular complexity index is 701. The molecule has 0 saturated carbocycles. The monoisotopic (exact) mass is 298 g/mol. The van der Waals surface area contributed by atoms with E-state index < -0.39 is 0 Å². The average molecular weight is 298 g/mol. The first-order valence-electron chi connectivity index (χ1n) is 6.61. The molecule has 0 spiro atoms. The van der Waals surface area contributed by atoms with E-state index in [2.05, 4.69) is 20.3 Å². The van der Waals surface area contributed by atoms with Crippen molar-refractivity contribution in [3.63, 3.8) is 0 Å². The number of hydrogen-bond donors (Lipinski definition) is 1. The van der Waals surface area contributed by atoms with E-state index in [0.29, 0.717) is 11.0 Å². The molecule has 0 fully saturated rings. The minimum absolute atomic E-state index is 0.565. The Morgan fingerprint density at radius 2 is 2.05 bits per heavy atom. The lowest BCUT2D eigenvalue weighted by molar-refractivity contribution is 0.454. The summed E-state index contributed by atoms with van der Waals surface area (Å²) < 4.78 is 5.25. The molecule has 0 radical (unpaired) electrons. The van der Waals surface area contributed by atoms with Crippen molar-refractivity contribution >= 4 is 17.6 Å². The number of rotatable bonds is 5. The highest BCUT2D eigenvalue weighted by molar-refractivity contribution is 7.99. The molecule has 21 heavy (non-hydrogen) atoms. The van der Waals surface area contributed by atoms with Gasteiger partial charge in [0.15, 0.2) is 5.82 Å². The zero-order valence-corrected chi connectivity index (χ0v) is 12.3. The third-order valence-corrected chi connectivity index (χ3v) is 3.49. The van der Waals surface area contributed by atoms with Gasteiger partial charge in [-0.05, 0) is 18.7 Å². The number of benzene rings is 1. The predicted molar refractivity (Wildman–Crippen MR) is 82.3 cm³/mol. The second kappa shape index (κ2) is 6.41. The van der Waals surface area contributed by atoms with Crippen LogP contribution in [-0.2, 0) is 0 Å². The van der Waals surface area contributed by atoms with Gasteiger partial charge in [-0.1, -0.05) is 30.3 Å². The number of anilines is 1. The molecule has 0 saturated heterocycles. The van der Waals surface area contributed by atoms with Gasteiger partial charge in [-0.25, -0.2) is 15.0 Å². The van der Waals surface area contributed by atoms with E-state index in [1.165, 1.54) is 11.8 Å². The van der Waals surface area contributed by atoms with Crippen LogP contribution in [0.15, 0.2) is 63.5 Å². The van der Waals surface area contributed by atoms with Crippen molar-refractivity contribution < 1.29 is 4.42 Å². The van der Waals surface area contributed by atoms with Crippen LogP contribution in [0.4, 0.5) is 5.82 Å². The summed E-state index contributed by atoms with van der Waals surface area (Å²) >= 11 is 1.37. The quantitative estimate of drug-likeness (QED) is 0.724. The van der Waals surface area contributed by atoms with Crippen LogP contribution in [-0.4, -0.2) is 21.5 Å². The standard InChI is InChI=1S/C15H14N4OS/c1-2-16-12-10-13(21-15-17-8-9-20-15)19-14(18-12)11-6-4-3-5-7-11/h3-10H,2H2,1H3,(H,16,18,19). The summed E-state index contributed by atoms with van der Waals surface area (Å²) in [4.78, 5) is 13.2. The number of hydrogen-bond acceptors (Lipinski definition) is 6. The molecule has 0 atom stereocenters. The van der Waals surface area contributed by atoms with E-state index in [9.17, 15) is 0 Å². The first-order valence-corrected chi connectivity index (χ1v) is 7.42. The van der Waals surface area contributed by atoms with Gasteiger partial charge >= 0.3 is 0 Å². The molecule has 6 heteroatoms. The Labute approximate surface area is 126 Å². The zero-order valence-electron chi connectivity index (χ0n) is 11.5. The molecule has 0 aliphatic rings. The molecule has 3 aromatic rings.